The predicted molar refractivity (Wildman–Crippen MR) is 66.8 cm³/mol. The maximum absolute atomic E-state index is 12.1. The average molecular weight is 231 g/mol. The Hall–Kier alpha value is -1.64. The highest BCUT2D eigenvalue weighted by Gasteiger charge is 2.36. The van der Waals surface area contributed by atoms with Crippen molar-refractivity contribution in [3.63, 3.8) is 0 Å². The van der Waals surface area contributed by atoms with Crippen molar-refractivity contribution in [2.45, 2.75) is 26.2 Å². The molecule has 1 unspecified atom stereocenters. The molecule has 1 heterocycles. The van der Waals surface area contributed by atoms with E-state index >= 15 is 0 Å². The molecule has 0 radical (unpaired) electrons. The molecule has 1 aliphatic rings. The highest BCUT2D eigenvalue weighted by Crippen LogP contribution is 2.26. The molecule has 1 aliphatic heterocycles. The Balaban J connectivity index is 2.10. The van der Waals surface area contributed by atoms with Crippen LogP contribution in [0.4, 0.5) is 5.69 Å². The van der Waals surface area contributed by atoms with Crippen molar-refractivity contribution in [3.05, 3.63) is 30.3 Å². The molecule has 0 aliphatic carbocycles. The molecular formula is C14H17NO2. The molecule has 1 amide bonds. The van der Waals surface area contributed by atoms with Gasteiger partial charge in [-0.05, 0) is 25.0 Å². The first-order valence-corrected chi connectivity index (χ1v) is 6.13. The zero-order valence-corrected chi connectivity index (χ0v) is 10.1. The van der Waals surface area contributed by atoms with E-state index in [1.807, 2.05) is 37.3 Å². The van der Waals surface area contributed by atoms with Gasteiger partial charge in [0.25, 0.3) is 0 Å². The second-order valence-electron chi connectivity index (χ2n) is 4.38. The quantitative estimate of drug-likeness (QED) is 0.746. The van der Waals surface area contributed by atoms with Crippen LogP contribution >= 0.6 is 0 Å². The van der Waals surface area contributed by atoms with Gasteiger partial charge in [0.1, 0.15) is 5.78 Å². The van der Waals surface area contributed by atoms with Crippen molar-refractivity contribution in [2.24, 2.45) is 5.92 Å². The van der Waals surface area contributed by atoms with E-state index in [4.69, 9.17) is 0 Å². The number of Topliss-reactive ketones (excluding diaryl/α,β-unsaturated/α-hetero) is 1. The van der Waals surface area contributed by atoms with Gasteiger partial charge in [-0.25, -0.2) is 0 Å². The number of rotatable bonds is 4. The third kappa shape index (κ3) is 2.38. The molecule has 1 saturated heterocycles. The molecule has 2 rings (SSSR count). The third-order valence-corrected chi connectivity index (χ3v) is 3.16. The Bertz CT molecular complexity index is 413. The summed E-state index contributed by atoms with van der Waals surface area (Å²) >= 11 is 0. The van der Waals surface area contributed by atoms with E-state index in [1.165, 1.54) is 0 Å². The number of hydrogen-bond donors (Lipinski definition) is 0. The SMILES string of the molecule is CCCC(=O)C1CCN(c2ccccc2)C1=O. The summed E-state index contributed by atoms with van der Waals surface area (Å²) in [6.45, 7) is 2.62. The number of carbonyl (C=O) groups is 2. The second-order valence-corrected chi connectivity index (χ2v) is 4.38. The fourth-order valence-corrected chi connectivity index (χ4v) is 2.26. The lowest BCUT2D eigenvalue weighted by molar-refractivity contribution is -0.130. The number of carbonyl (C=O) groups excluding carboxylic acids is 2. The number of para-hydroxylation sites is 1. The molecule has 0 saturated carbocycles. The minimum absolute atomic E-state index is 0.0327. The molecule has 1 atom stereocenters. The molecule has 3 heteroatoms. The standard InChI is InChI=1S/C14H17NO2/c1-2-6-13(16)12-9-10-15(14(12)17)11-7-4-3-5-8-11/h3-5,7-8,12H,2,6,9-10H2,1H3. The van der Waals surface area contributed by atoms with E-state index in [1.54, 1.807) is 4.90 Å². The summed E-state index contributed by atoms with van der Waals surface area (Å²) in [4.78, 5) is 25.6. The molecule has 1 fully saturated rings. The lowest BCUT2D eigenvalue weighted by Gasteiger charge is -2.16. The van der Waals surface area contributed by atoms with Crippen LogP contribution in [0.2, 0.25) is 0 Å². The van der Waals surface area contributed by atoms with Crippen molar-refractivity contribution < 1.29 is 9.59 Å². The number of amides is 1. The van der Waals surface area contributed by atoms with Crippen molar-refractivity contribution >= 4 is 17.4 Å². The number of ketones is 1. The zero-order chi connectivity index (χ0) is 12.3. The Morgan fingerprint density at radius 3 is 2.71 bits per heavy atom. The van der Waals surface area contributed by atoms with Gasteiger partial charge in [-0.3, -0.25) is 9.59 Å². The predicted octanol–water partition coefficient (Wildman–Crippen LogP) is 2.41. The third-order valence-electron chi connectivity index (χ3n) is 3.16. The van der Waals surface area contributed by atoms with Crippen LogP contribution in [-0.4, -0.2) is 18.2 Å². The minimum Gasteiger partial charge on any atom is -0.312 e. The van der Waals surface area contributed by atoms with Crippen molar-refractivity contribution in [1.82, 2.24) is 0 Å². The van der Waals surface area contributed by atoms with E-state index in [9.17, 15) is 9.59 Å². The minimum atomic E-state index is -0.407. The molecule has 17 heavy (non-hydrogen) atoms. The number of nitrogens with zero attached hydrogens (tertiary/aromatic N) is 1. The molecule has 0 N–H and O–H groups in total. The molecular weight excluding hydrogens is 214 g/mol. The fraction of sp³-hybridized carbons (Fsp3) is 0.429. The van der Waals surface area contributed by atoms with Gasteiger partial charge in [0.2, 0.25) is 5.91 Å². The lowest BCUT2D eigenvalue weighted by Crippen LogP contribution is -2.30. The van der Waals surface area contributed by atoms with Gasteiger partial charge in [-0.1, -0.05) is 25.1 Å². The Morgan fingerprint density at radius 2 is 2.06 bits per heavy atom. The first-order valence-electron chi connectivity index (χ1n) is 6.13. The number of anilines is 1. The van der Waals surface area contributed by atoms with Crippen LogP contribution in [0.1, 0.15) is 26.2 Å². The lowest BCUT2D eigenvalue weighted by atomic mass is 9.99. The number of benzene rings is 1. The van der Waals surface area contributed by atoms with Crippen LogP contribution in [0.15, 0.2) is 30.3 Å². The smallest absolute Gasteiger partial charge is 0.237 e. The average Bonchev–Trinajstić information content (AvgIpc) is 2.72. The van der Waals surface area contributed by atoms with Gasteiger partial charge in [-0.2, -0.15) is 0 Å². The van der Waals surface area contributed by atoms with E-state index in [0.717, 1.165) is 12.1 Å². The van der Waals surface area contributed by atoms with Gasteiger partial charge in [0.15, 0.2) is 0 Å². The molecule has 0 spiro atoms. The van der Waals surface area contributed by atoms with Gasteiger partial charge in [0.05, 0.1) is 5.92 Å². The molecule has 0 bridgehead atoms. The summed E-state index contributed by atoms with van der Waals surface area (Å²) in [6.07, 6.45) is 1.99. The fourth-order valence-electron chi connectivity index (χ4n) is 2.26. The largest absolute Gasteiger partial charge is 0.312 e. The summed E-state index contributed by atoms with van der Waals surface area (Å²) < 4.78 is 0. The first kappa shape index (κ1) is 11.8. The number of hydrogen-bond acceptors (Lipinski definition) is 2. The van der Waals surface area contributed by atoms with Gasteiger partial charge in [-0.15, -0.1) is 0 Å². The molecule has 1 aromatic carbocycles. The van der Waals surface area contributed by atoms with Gasteiger partial charge >= 0.3 is 0 Å². The van der Waals surface area contributed by atoms with Crippen LogP contribution in [0.25, 0.3) is 0 Å². The monoisotopic (exact) mass is 231 g/mol. The molecule has 0 aromatic heterocycles. The summed E-state index contributed by atoms with van der Waals surface area (Å²) in [7, 11) is 0. The second kappa shape index (κ2) is 5.13. The topological polar surface area (TPSA) is 37.4 Å². The highest BCUT2D eigenvalue weighted by molar-refractivity contribution is 6.10. The van der Waals surface area contributed by atoms with Crippen molar-refractivity contribution in [3.8, 4) is 0 Å². The highest BCUT2D eigenvalue weighted by atomic mass is 16.2. The van der Waals surface area contributed by atoms with E-state index in [2.05, 4.69) is 0 Å². The van der Waals surface area contributed by atoms with Crippen LogP contribution in [0.3, 0.4) is 0 Å². The van der Waals surface area contributed by atoms with Crippen molar-refractivity contribution in [1.29, 1.82) is 0 Å². The summed E-state index contributed by atoms with van der Waals surface area (Å²) in [5.74, 6) is -0.347. The zero-order valence-electron chi connectivity index (χ0n) is 10.1. The molecule has 3 nitrogen and oxygen atoms in total. The maximum Gasteiger partial charge on any atom is 0.237 e. The van der Waals surface area contributed by atoms with E-state index in [0.29, 0.717) is 19.4 Å². The van der Waals surface area contributed by atoms with Crippen LogP contribution < -0.4 is 4.90 Å². The summed E-state index contributed by atoms with van der Waals surface area (Å²) in [5.41, 5.74) is 0.893. The Labute approximate surface area is 101 Å². The van der Waals surface area contributed by atoms with Gasteiger partial charge in [0, 0.05) is 18.7 Å². The molecule has 1 aromatic rings. The summed E-state index contributed by atoms with van der Waals surface area (Å²) in [5, 5.41) is 0. The summed E-state index contributed by atoms with van der Waals surface area (Å²) in [6, 6.07) is 9.55. The normalized spacial score (nSPS) is 19.7. The Kier molecular flexibility index (Phi) is 3.57. The maximum atomic E-state index is 12.1. The molecule has 90 valence electrons. The Morgan fingerprint density at radius 1 is 1.35 bits per heavy atom. The van der Waals surface area contributed by atoms with Crippen LogP contribution in [0.5, 0.6) is 0 Å². The first-order chi connectivity index (χ1) is 8.24. The van der Waals surface area contributed by atoms with E-state index < -0.39 is 5.92 Å². The van der Waals surface area contributed by atoms with Crippen LogP contribution in [0, 0.1) is 5.92 Å². The van der Waals surface area contributed by atoms with Crippen LogP contribution in [-0.2, 0) is 9.59 Å². The van der Waals surface area contributed by atoms with E-state index in [-0.39, 0.29) is 11.7 Å². The van der Waals surface area contributed by atoms with Crippen molar-refractivity contribution in [2.75, 3.05) is 11.4 Å². The van der Waals surface area contributed by atoms with Gasteiger partial charge < -0.3 is 4.90 Å².